The summed E-state index contributed by atoms with van der Waals surface area (Å²) in [5.74, 6) is 2.66. The summed E-state index contributed by atoms with van der Waals surface area (Å²) in [6.07, 6.45) is 7.00. The fourth-order valence-electron chi connectivity index (χ4n) is 1.60. The highest BCUT2D eigenvalue weighted by Crippen LogP contribution is 2.15. The van der Waals surface area contributed by atoms with Crippen LogP contribution in [0.1, 0.15) is 40.5 Å². The molecule has 0 saturated carbocycles. The maximum atomic E-state index is 5.37. The van der Waals surface area contributed by atoms with Gasteiger partial charge in [0.05, 0.1) is 5.60 Å². The van der Waals surface area contributed by atoms with Gasteiger partial charge in [-0.25, -0.2) is 0 Å². The van der Waals surface area contributed by atoms with Crippen molar-refractivity contribution in [3.63, 3.8) is 0 Å². The van der Waals surface area contributed by atoms with E-state index in [4.69, 9.17) is 11.2 Å². The second-order valence-electron chi connectivity index (χ2n) is 4.54. The smallest absolute Gasteiger partial charge is 0.0637 e. The number of ether oxygens (including phenoxy) is 1. The van der Waals surface area contributed by atoms with Gasteiger partial charge in [0.2, 0.25) is 0 Å². The van der Waals surface area contributed by atoms with E-state index in [1.807, 2.05) is 0 Å². The second-order valence-corrected chi connectivity index (χ2v) is 4.54. The number of methoxy groups -OCH3 is 1. The first-order valence-electron chi connectivity index (χ1n) is 5.16. The van der Waals surface area contributed by atoms with E-state index in [0.29, 0.717) is 12.1 Å². The first-order chi connectivity index (χ1) is 6.41. The molecule has 0 rings (SSSR count). The van der Waals surface area contributed by atoms with Gasteiger partial charge < -0.3 is 10.1 Å². The van der Waals surface area contributed by atoms with Gasteiger partial charge in [-0.15, -0.1) is 12.3 Å². The minimum atomic E-state index is -0.0672. The fraction of sp³-hybridized carbons (Fsp3) is 0.833. The molecule has 2 unspecified atom stereocenters. The van der Waals surface area contributed by atoms with Crippen molar-refractivity contribution >= 4 is 0 Å². The van der Waals surface area contributed by atoms with Crippen molar-refractivity contribution in [2.24, 2.45) is 0 Å². The van der Waals surface area contributed by atoms with Crippen LogP contribution in [0.3, 0.4) is 0 Å². The van der Waals surface area contributed by atoms with Crippen LogP contribution >= 0.6 is 0 Å². The van der Waals surface area contributed by atoms with E-state index >= 15 is 0 Å². The molecule has 0 saturated heterocycles. The molecule has 82 valence electrons. The van der Waals surface area contributed by atoms with Crippen molar-refractivity contribution in [2.75, 3.05) is 7.11 Å². The van der Waals surface area contributed by atoms with Crippen LogP contribution in [0, 0.1) is 12.3 Å². The minimum absolute atomic E-state index is 0.0672. The highest BCUT2D eigenvalue weighted by atomic mass is 16.5. The Hall–Kier alpha value is -0.520. The van der Waals surface area contributed by atoms with Gasteiger partial charge in [-0.2, -0.15) is 0 Å². The quantitative estimate of drug-likeness (QED) is 0.659. The predicted octanol–water partition coefficient (Wildman–Crippen LogP) is 2.19. The lowest BCUT2D eigenvalue weighted by Gasteiger charge is -2.28. The number of hydrogen-bond acceptors (Lipinski definition) is 2. The summed E-state index contributed by atoms with van der Waals surface area (Å²) in [6.45, 7) is 8.46. The largest absolute Gasteiger partial charge is 0.379 e. The Morgan fingerprint density at radius 2 is 1.93 bits per heavy atom. The van der Waals surface area contributed by atoms with Crippen LogP contribution in [0.4, 0.5) is 0 Å². The molecule has 0 bridgehead atoms. The first kappa shape index (κ1) is 13.5. The Labute approximate surface area is 88.4 Å². The topological polar surface area (TPSA) is 21.3 Å². The van der Waals surface area contributed by atoms with Crippen LogP contribution in [0.15, 0.2) is 0 Å². The zero-order chi connectivity index (χ0) is 11.2. The molecule has 0 aromatic rings. The van der Waals surface area contributed by atoms with Crippen LogP contribution in [0.25, 0.3) is 0 Å². The molecular formula is C12H23NO. The zero-order valence-corrected chi connectivity index (χ0v) is 10.1. The second kappa shape index (κ2) is 6.06. The molecule has 1 N–H and O–H groups in total. The average molecular weight is 197 g/mol. The third-order valence-electron chi connectivity index (χ3n) is 2.34. The molecule has 2 heteroatoms. The van der Waals surface area contributed by atoms with Crippen molar-refractivity contribution in [1.29, 1.82) is 0 Å². The Balaban J connectivity index is 3.87. The Bertz CT molecular complexity index is 193. The monoisotopic (exact) mass is 197 g/mol. The van der Waals surface area contributed by atoms with E-state index in [-0.39, 0.29) is 5.60 Å². The van der Waals surface area contributed by atoms with Crippen LogP contribution in [0.5, 0.6) is 0 Å². The SMILES string of the molecule is C#CCC(C)NC(C)CC(C)(C)OC. The van der Waals surface area contributed by atoms with Crippen molar-refractivity contribution in [1.82, 2.24) is 5.32 Å². The van der Waals surface area contributed by atoms with Crippen LogP contribution in [-0.4, -0.2) is 24.8 Å². The molecule has 2 nitrogen and oxygen atoms in total. The Morgan fingerprint density at radius 1 is 1.36 bits per heavy atom. The predicted molar refractivity (Wildman–Crippen MR) is 61.2 cm³/mol. The lowest BCUT2D eigenvalue weighted by molar-refractivity contribution is 0.00790. The highest BCUT2D eigenvalue weighted by molar-refractivity contribution is 4.89. The zero-order valence-electron chi connectivity index (χ0n) is 10.1. The van der Waals surface area contributed by atoms with E-state index in [0.717, 1.165) is 12.8 Å². The lowest BCUT2D eigenvalue weighted by atomic mass is 9.99. The number of rotatable bonds is 6. The maximum absolute atomic E-state index is 5.37. The van der Waals surface area contributed by atoms with E-state index in [1.54, 1.807) is 7.11 Å². The average Bonchev–Trinajstić information content (AvgIpc) is 2.03. The van der Waals surface area contributed by atoms with Gasteiger partial charge in [-0.3, -0.25) is 0 Å². The van der Waals surface area contributed by atoms with Gasteiger partial charge in [0, 0.05) is 25.6 Å². The van der Waals surface area contributed by atoms with Crippen LogP contribution < -0.4 is 5.32 Å². The molecule has 0 fully saturated rings. The summed E-state index contributed by atoms with van der Waals surface area (Å²) in [6, 6.07) is 0.802. The van der Waals surface area contributed by atoms with Crippen molar-refractivity contribution in [3.8, 4) is 12.3 Å². The van der Waals surface area contributed by atoms with Crippen molar-refractivity contribution in [2.45, 2.75) is 58.2 Å². The van der Waals surface area contributed by atoms with E-state index < -0.39 is 0 Å². The molecule has 0 aromatic carbocycles. The van der Waals surface area contributed by atoms with Crippen molar-refractivity contribution < 1.29 is 4.74 Å². The van der Waals surface area contributed by atoms with E-state index in [1.165, 1.54) is 0 Å². The number of nitrogens with one attached hydrogen (secondary N) is 1. The van der Waals surface area contributed by atoms with Gasteiger partial charge in [0.15, 0.2) is 0 Å². The Kier molecular flexibility index (Phi) is 5.83. The molecule has 0 spiro atoms. The summed E-state index contributed by atoms with van der Waals surface area (Å²) in [5, 5.41) is 3.45. The molecule has 0 aromatic heterocycles. The van der Waals surface area contributed by atoms with Crippen LogP contribution in [0.2, 0.25) is 0 Å². The fourth-order valence-corrected chi connectivity index (χ4v) is 1.60. The molecule has 0 amide bonds. The van der Waals surface area contributed by atoms with Crippen molar-refractivity contribution in [3.05, 3.63) is 0 Å². The van der Waals surface area contributed by atoms with Gasteiger partial charge in [-0.1, -0.05) is 0 Å². The summed E-state index contributed by atoms with van der Waals surface area (Å²) >= 11 is 0. The third kappa shape index (κ3) is 6.01. The molecule has 0 radical (unpaired) electrons. The Morgan fingerprint density at radius 3 is 2.36 bits per heavy atom. The van der Waals surface area contributed by atoms with Gasteiger partial charge in [-0.05, 0) is 34.1 Å². The summed E-state index contributed by atoms with van der Waals surface area (Å²) in [4.78, 5) is 0. The summed E-state index contributed by atoms with van der Waals surface area (Å²) in [5.41, 5.74) is -0.0672. The lowest BCUT2D eigenvalue weighted by Crippen LogP contribution is -2.39. The molecule has 0 aliphatic rings. The van der Waals surface area contributed by atoms with Gasteiger partial charge in [0.25, 0.3) is 0 Å². The molecular weight excluding hydrogens is 174 g/mol. The van der Waals surface area contributed by atoms with Crippen LogP contribution in [-0.2, 0) is 4.74 Å². The highest BCUT2D eigenvalue weighted by Gasteiger charge is 2.20. The molecule has 0 aliphatic carbocycles. The third-order valence-corrected chi connectivity index (χ3v) is 2.34. The molecule has 14 heavy (non-hydrogen) atoms. The molecule has 2 atom stereocenters. The first-order valence-corrected chi connectivity index (χ1v) is 5.16. The number of terminal acetylenes is 1. The minimum Gasteiger partial charge on any atom is -0.379 e. The molecule has 0 heterocycles. The standard InChI is InChI=1S/C12H23NO/c1-7-8-10(2)13-11(3)9-12(4,5)14-6/h1,10-11,13H,8-9H2,2-6H3. The van der Waals surface area contributed by atoms with Gasteiger partial charge >= 0.3 is 0 Å². The van der Waals surface area contributed by atoms with E-state index in [2.05, 4.69) is 38.9 Å². The number of hydrogen-bond donors (Lipinski definition) is 1. The van der Waals surface area contributed by atoms with Gasteiger partial charge in [0.1, 0.15) is 0 Å². The molecule has 0 aliphatic heterocycles. The summed E-state index contributed by atoms with van der Waals surface area (Å²) in [7, 11) is 1.75. The summed E-state index contributed by atoms with van der Waals surface area (Å²) < 4.78 is 5.37. The van der Waals surface area contributed by atoms with E-state index in [9.17, 15) is 0 Å². The maximum Gasteiger partial charge on any atom is 0.0637 e. The normalized spacial score (nSPS) is 16.0.